The minimum atomic E-state index is -4.41. The van der Waals surface area contributed by atoms with Crippen molar-refractivity contribution in [2.75, 3.05) is 26.4 Å². The number of unbranched alkanes of at least 4 members (excludes halogenated alkanes) is 28. The van der Waals surface area contributed by atoms with Crippen molar-refractivity contribution in [2.24, 2.45) is 0 Å². The Labute approximate surface area is 332 Å². The molecule has 0 fully saturated rings. The minimum Gasteiger partial charge on any atom is -0.463 e. The van der Waals surface area contributed by atoms with E-state index in [2.05, 4.69) is 31.3 Å². The molecule has 0 heterocycles. The lowest BCUT2D eigenvalue weighted by Crippen LogP contribution is -2.27. The SMILES string of the molecule is CCCCCCCC/C=C/CCCCCCCCCCCC(=O)OCC(O)COP(=O)(O)OCCNC(=O)CCCCCCCCCCCCCCCC. The van der Waals surface area contributed by atoms with Gasteiger partial charge in [0.05, 0.1) is 13.2 Å². The van der Waals surface area contributed by atoms with E-state index in [1.807, 2.05) is 0 Å². The van der Waals surface area contributed by atoms with Gasteiger partial charge in [-0.15, -0.1) is 0 Å². The van der Waals surface area contributed by atoms with Crippen LogP contribution in [0.2, 0.25) is 0 Å². The van der Waals surface area contributed by atoms with Gasteiger partial charge in [-0.05, 0) is 38.5 Å². The number of aliphatic hydroxyl groups excluding tert-OH is 1. The largest absolute Gasteiger partial charge is 0.472 e. The Morgan fingerprint density at radius 2 is 0.944 bits per heavy atom. The average molecular weight is 788 g/mol. The van der Waals surface area contributed by atoms with E-state index in [1.165, 1.54) is 161 Å². The van der Waals surface area contributed by atoms with Gasteiger partial charge in [-0.1, -0.05) is 187 Å². The molecule has 0 rings (SSSR count). The summed E-state index contributed by atoms with van der Waals surface area (Å²) in [5, 5.41) is 12.7. The van der Waals surface area contributed by atoms with Crippen molar-refractivity contribution in [3.8, 4) is 0 Å². The molecule has 2 unspecified atom stereocenters. The molecule has 54 heavy (non-hydrogen) atoms. The predicted octanol–water partition coefficient (Wildman–Crippen LogP) is 12.6. The fourth-order valence-corrected chi connectivity index (χ4v) is 7.25. The van der Waals surface area contributed by atoms with E-state index in [-0.39, 0.29) is 32.1 Å². The Balaban J connectivity index is 3.56. The summed E-state index contributed by atoms with van der Waals surface area (Å²) in [4.78, 5) is 33.9. The topological polar surface area (TPSA) is 131 Å². The number of phosphoric ester groups is 1. The van der Waals surface area contributed by atoms with Crippen LogP contribution in [-0.4, -0.2) is 54.3 Å². The number of carbonyl (C=O) groups excluding carboxylic acids is 2. The van der Waals surface area contributed by atoms with Crippen molar-refractivity contribution in [3.63, 3.8) is 0 Å². The molecule has 2 atom stereocenters. The van der Waals surface area contributed by atoms with E-state index >= 15 is 0 Å². The third-order valence-corrected chi connectivity index (χ3v) is 10.9. The molecule has 9 nitrogen and oxygen atoms in total. The van der Waals surface area contributed by atoms with Crippen molar-refractivity contribution < 1.29 is 37.9 Å². The van der Waals surface area contributed by atoms with Crippen LogP contribution >= 0.6 is 7.82 Å². The maximum atomic E-state index is 12.1. The molecule has 1 amide bonds. The van der Waals surface area contributed by atoms with Gasteiger partial charge in [-0.3, -0.25) is 18.6 Å². The van der Waals surface area contributed by atoms with Crippen LogP contribution in [0.3, 0.4) is 0 Å². The quantitative estimate of drug-likeness (QED) is 0.0241. The first-order valence-corrected chi connectivity index (χ1v) is 24.2. The van der Waals surface area contributed by atoms with E-state index in [4.69, 9.17) is 13.8 Å². The molecule has 0 aromatic rings. The highest BCUT2D eigenvalue weighted by Crippen LogP contribution is 2.42. The van der Waals surface area contributed by atoms with Gasteiger partial charge in [0.15, 0.2) is 0 Å². The molecule has 0 aliphatic carbocycles. The number of esters is 1. The van der Waals surface area contributed by atoms with Gasteiger partial charge in [0.25, 0.3) is 0 Å². The molecule has 0 spiro atoms. The second-order valence-corrected chi connectivity index (χ2v) is 16.8. The summed E-state index contributed by atoms with van der Waals surface area (Å²) in [5.41, 5.74) is 0. The molecule has 0 aliphatic heterocycles. The highest BCUT2D eigenvalue weighted by molar-refractivity contribution is 7.47. The van der Waals surface area contributed by atoms with Crippen LogP contribution in [0.4, 0.5) is 0 Å². The zero-order chi connectivity index (χ0) is 39.6. The van der Waals surface area contributed by atoms with Gasteiger partial charge in [0.2, 0.25) is 5.91 Å². The Hall–Kier alpha value is -1.25. The number of hydrogen-bond donors (Lipinski definition) is 3. The third kappa shape index (κ3) is 41.9. The summed E-state index contributed by atoms with van der Waals surface area (Å²) >= 11 is 0. The molecule has 10 heteroatoms. The van der Waals surface area contributed by atoms with Crippen LogP contribution in [0.5, 0.6) is 0 Å². The van der Waals surface area contributed by atoms with E-state index in [0.29, 0.717) is 6.42 Å². The van der Waals surface area contributed by atoms with E-state index < -0.39 is 26.5 Å². The minimum absolute atomic E-state index is 0.0863. The van der Waals surface area contributed by atoms with Crippen molar-refractivity contribution in [1.82, 2.24) is 5.32 Å². The lowest BCUT2D eigenvalue weighted by atomic mass is 10.0. The molecule has 0 saturated heterocycles. The van der Waals surface area contributed by atoms with Crippen LogP contribution in [0.25, 0.3) is 0 Å². The first-order chi connectivity index (χ1) is 26.3. The van der Waals surface area contributed by atoms with Crippen molar-refractivity contribution in [2.45, 2.75) is 232 Å². The number of carbonyl (C=O) groups is 2. The zero-order valence-corrected chi connectivity index (χ0v) is 36.1. The molecule has 320 valence electrons. The maximum absolute atomic E-state index is 12.1. The van der Waals surface area contributed by atoms with Gasteiger partial charge in [-0.2, -0.15) is 0 Å². The van der Waals surface area contributed by atoms with Gasteiger partial charge in [-0.25, -0.2) is 4.57 Å². The summed E-state index contributed by atoms with van der Waals surface area (Å²) in [6.07, 6.45) is 42.8. The number of allylic oxidation sites excluding steroid dienone is 2. The first-order valence-electron chi connectivity index (χ1n) is 22.7. The van der Waals surface area contributed by atoms with Crippen LogP contribution < -0.4 is 5.32 Å². The lowest BCUT2D eigenvalue weighted by Gasteiger charge is -2.15. The number of nitrogens with one attached hydrogen (secondary N) is 1. The number of phosphoric acid groups is 1. The smallest absolute Gasteiger partial charge is 0.463 e. The summed E-state index contributed by atoms with van der Waals surface area (Å²) in [5.74, 6) is -0.509. The fraction of sp³-hybridized carbons (Fsp3) is 0.909. The summed E-state index contributed by atoms with van der Waals surface area (Å²) in [6.45, 7) is 3.58. The monoisotopic (exact) mass is 788 g/mol. The molecule has 0 radical (unpaired) electrons. The number of rotatable bonds is 43. The van der Waals surface area contributed by atoms with Crippen LogP contribution in [0, 0.1) is 0 Å². The first kappa shape index (κ1) is 52.8. The Morgan fingerprint density at radius 3 is 1.39 bits per heavy atom. The summed E-state index contributed by atoms with van der Waals surface area (Å²) < 4.78 is 26.9. The van der Waals surface area contributed by atoms with Crippen LogP contribution in [0.15, 0.2) is 12.2 Å². The number of ether oxygens (including phenoxy) is 1. The normalized spacial score (nSPS) is 13.3. The number of amides is 1. The van der Waals surface area contributed by atoms with Crippen molar-refractivity contribution >= 4 is 19.7 Å². The molecule has 0 saturated carbocycles. The van der Waals surface area contributed by atoms with Crippen LogP contribution in [0.1, 0.15) is 226 Å². The second-order valence-electron chi connectivity index (χ2n) is 15.4. The molecule has 3 N–H and O–H groups in total. The molecule has 0 aromatic heterocycles. The molecular weight excluding hydrogens is 701 g/mol. The van der Waals surface area contributed by atoms with Gasteiger partial charge >= 0.3 is 13.8 Å². The Bertz CT molecular complexity index is 902. The highest BCUT2D eigenvalue weighted by atomic mass is 31.2. The number of hydrogen-bond acceptors (Lipinski definition) is 7. The molecule has 0 bridgehead atoms. The molecule has 0 aliphatic rings. The molecular formula is C44H86NO8P. The van der Waals surface area contributed by atoms with Crippen molar-refractivity contribution in [3.05, 3.63) is 12.2 Å². The predicted molar refractivity (Wildman–Crippen MR) is 225 cm³/mol. The van der Waals surface area contributed by atoms with Gasteiger partial charge < -0.3 is 20.1 Å². The summed E-state index contributed by atoms with van der Waals surface area (Å²) in [6, 6.07) is 0. The van der Waals surface area contributed by atoms with Gasteiger partial charge in [0, 0.05) is 19.4 Å². The van der Waals surface area contributed by atoms with E-state index in [1.54, 1.807) is 0 Å². The zero-order valence-electron chi connectivity index (χ0n) is 35.2. The lowest BCUT2D eigenvalue weighted by molar-refractivity contribution is -0.147. The molecule has 0 aromatic carbocycles. The maximum Gasteiger partial charge on any atom is 0.472 e. The van der Waals surface area contributed by atoms with E-state index in [0.717, 1.165) is 38.5 Å². The van der Waals surface area contributed by atoms with Crippen molar-refractivity contribution in [1.29, 1.82) is 0 Å². The highest BCUT2D eigenvalue weighted by Gasteiger charge is 2.23. The Morgan fingerprint density at radius 1 is 0.556 bits per heavy atom. The fourth-order valence-electron chi connectivity index (χ4n) is 6.49. The number of aliphatic hydroxyl groups is 1. The van der Waals surface area contributed by atoms with E-state index in [9.17, 15) is 24.2 Å². The third-order valence-electron chi connectivity index (χ3n) is 9.95. The van der Waals surface area contributed by atoms with Crippen LogP contribution in [-0.2, 0) is 27.9 Å². The Kier molecular flexibility index (Phi) is 40.4. The average Bonchev–Trinajstić information content (AvgIpc) is 3.16. The standard InChI is InChI=1S/C44H86NO8P/c1-3-5-7-9-11-13-15-17-19-20-21-22-23-25-27-29-31-33-35-37-44(48)51-40-42(46)41-53-54(49,50)52-39-38-45-43(47)36-34-32-30-28-26-24-18-16-14-12-10-8-6-4-2/h17,19,42,46H,3-16,18,20-41H2,1-2H3,(H,45,47)(H,49,50)/b19-17+. The van der Waals surface area contributed by atoms with Gasteiger partial charge in [0.1, 0.15) is 12.7 Å². The summed E-state index contributed by atoms with van der Waals surface area (Å²) in [7, 11) is -4.41. The second kappa shape index (κ2) is 41.4.